The minimum Gasteiger partial charge on any atom is -0.314 e. The van der Waals surface area contributed by atoms with E-state index >= 15 is 0 Å². The maximum atomic E-state index is 12.3. The summed E-state index contributed by atoms with van der Waals surface area (Å²) >= 11 is 5.92. The van der Waals surface area contributed by atoms with Gasteiger partial charge in [0, 0.05) is 23.5 Å². The summed E-state index contributed by atoms with van der Waals surface area (Å²) in [6, 6.07) is 15.2. The summed E-state index contributed by atoms with van der Waals surface area (Å²) in [7, 11) is 0. The van der Waals surface area contributed by atoms with Crippen molar-refractivity contribution in [1.29, 1.82) is 0 Å². The minimum atomic E-state index is -0.161. The fourth-order valence-corrected chi connectivity index (χ4v) is 2.34. The van der Waals surface area contributed by atoms with Crippen LogP contribution >= 0.6 is 11.6 Å². The molecule has 0 fully saturated rings. The molecule has 0 unspecified atom stereocenters. The Hall–Kier alpha value is -2.26. The molecule has 0 spiro atoms. The van der Waals surface area contributed by atoms with E-state index in [9.17, 15) is 4.79 Å². The van der Waals surface area contributed by atoms with E-state index in [2.05, 4.69) is 5.32 Å². The van der Waals surface area contributed by atoms with Crippen molar-refractivity contribution in [3.8, 4) is 0 Å². The van der Waals surface area contributed by atoms with Crippen molar-refractivity contribution in [2.24, 2.45) is 0 Å². The zero-order valence-corrected chi connectivity index (χ0v) is 13.5. The van der Waals surface area contributed by atoms with E-state index in [4.69, 9.17) is 11.6 Å². The van der Waals surface area contributed by atoms with E-state index in [1.54, 1.807) is 11.1 Å². The molecule has 2 aromatic rings. The zero-order chi connectivity index (χ0) is 15.9. The lowest BCUT2D eigenvalue weighted by Crippen LogP contribution is -2.37. The molecule has 1 N–H and O–H groups in total. The van der Waals surface area contributed by atoms with Crippen LogP contribution in [0.1, 0.15) is 18.1 Å². The predicted octanol–water partition coefficient (Wildman–Crippen LogP) is 4.86. The van der Waals surface area contributed by atoms with Crippen molar-refractivity contribution in [1.82, 2.24) is 5.32 Å². The number of benzene rings is 2. The van der Waals surface area contributed by atoms with E-state index in [1.165, 1.54) is 0 Å². The van der Waals surface area contributed by atoms with Gasteiger partial charge in [-0.1, -0.05) is 35.9 Å². The van der Waals surface area contributed by atoms with Crippen molar-refractivity contribution >= 4 is 29.4 Å². The normalized spacial score (nSPS) is 10.7. The Morgan fingerprint density at radius 3 is 2.68 bits per heavy atom. The Balaban J connectivity index is 2.04. The number of halogens is 1. The van der Waals surface area contributed by atoms with Crippen molar-refractivity contribution in [3.63, 3.8) is 0 Å². The van der Waals surface area contributed by atoms with Gasteiger partial charge in [0.15, 0.2) is 0 Å². The second-order valence-corrected chi connectivity index (χ2v) is 5.36. The summed E-state index contributed by atoms with van der Waals surface area (Å²) in [6.45, 7) is 4.55. The fraction of sp³-hybridized carbons (Fsp3) is 0.167. The minimum absolute atomic E-state index is 0.161. The smallest absolute Gasteiger partial charge is 0.314 e. The fourth-order valence-electron chi connectivity index (χ4n) is 2.14. The number of rotatable bonds is 4. The molecule has 114 valence electrons. The third-order valence-electron chi connectivity index (χ3n) is 3.21. The van der Waals surface area contributed by atoms with Crippen LogP contribution in [0.5, 0.6) is 0 Å². The van der Waals surface area contributed by atoms with Crippen LogP contribution in [0, 0.1) is 6.92 Å². The first-order valence-electron chi connectivity index (χ1n) is 7.17. The van der Waals surface area contributed by atoms with Crippen LogP contribution in [-0.4, -0.2) is 12.6 Å². The Morgan fingerprint density at radius 2 is 2.00 bits per heavy atom. The van der Waals surface area contributed by atoms with E-state index in [0.29, 0.717) is 11.6 Å². The molecule has 0 heterocycles. The molecule has 0 saturated carbocycles. The lowest BCUT2D eigenvalue weighted by molar-refractivity contribution is 0.249. The average molecular weight is 315 g/mol. The van der Waals surface area contributed by atoms with Crippen LogP contribution in [0.2, 0.25) is 5.02 Å². The maximum Gasteiger partial charge on any atom is 0.325 e. The van der Waals surface area contributed by atoms with Gasteiger partial charge in [0.2, 0.25) is 0 Å². The van der Waals surface area contributed by atoms with Gasteiger partial charge >= 0.3 is 6.03 Å². The number of nitrogens with one attached hydrogen (secondary N) is 1. The Morgan fingerprint density at radius 1 is 1.23 bits per heavy atom. The summed E-state index contributed by atoms with van der Waals surface area (Å²) in [5.41, 5.74) is 2.95. The number of urea groups is 1. The highest BCUT2D eigenvalue weighted by atomic mass is 35.5. The highest BCUT2D eigenvalue weighted by Gasteiger charge is 2.12. The molecule has 2 aromatic carbocycles. The highest BCUT2D eigenvalue weighted by Crippen LogP contribution is 2.16. The van der Waals surface area contributed by atoms with Gasteiger partial charge in [0.1, 0.15) is 0 Å². The van der Waals surface area contributed by atoms with Crippen LogP contribution in [0.25, 0.3) is 6.08 Å². The number of amides is 2. The van der Waals surface area contributed by atoms with Gasteiger partial charge in [-0.15, -0.1) is 0 Å². The van der Waals surface area contributed by atoms with Gasteiger partial charge in [0.25, 0.3) is 0 Å². The lowest BCUT2D eigenvalue weighted by Gasteiger charge is -2.20. The first-order chi connectivity index (χ1) is 10.6. The van der Waals surface area contributed by atoms with Crippen molar-refractivity contribution in [3.05, 3.63) is 70.9 Å². The number of hydrogen-bond acceptors (Lipinski definition) is 1. The molecule has 0 radical (unpaired) electrons. The number of aryl methyl sites for hydroxylation is 1. The second kappa shape index (κ2) is 7.66. The number of hydrogen-bond donors (Lipinski definition) is 1. The zero-order valence-electron chi connectivity index (χ0n) is 12.7. The third-order valence-corrected chi connectivity index (χ3v) is 3.44. The summed E-state index contributed by atoms with van der Waals surface area (Å²) in [4.78, 5) is 14.0. The summed E-state index contributed by atoms with van der Waals surface area (Å²) in [5, 5.41) is 3.45. The molecule has 0 aliphatic heterocycles. The van der Waals surface area contributed by atoms with E-state index in [1.807, 2.05) is 68.5 Å². The monoisotopic (exact) mass is 314 g/mol. The van der Waals surface area contributed by atoms with Crippen LogP contribution in [0.4, 0.5) is 10.5 Å². The molecular formula is C18H19ClN2O. The first-order valence-corrected chi connectivity index (χ1v) is 7.55. The highest BCUT2D eigenvalue weighted by molar-refractivity contribution is 6.30. The predicted molar refractivity (Wildman–Crippen MR) is 93.2 cm³/mol. The van der Waals surface area contributed by atoms with Crippen molar-refractivity contribution in [2.75, 3.05) is 11.4 Å². The average Bonchev–Trinajstić information content (AvgIpc) is 2.48. The molecule has 3 nitrogen and oxygen atoms in total. The Labute approximate surface area is 136 Å². The van der Waals surface area contributed by atoms with Gasteiger partial charge in [-0.05, 0) is 55.3 Å². The van der Waals surface area contributed by atoms with Gasteiger partial charge < -0.3 is 5.32 Å². The number of carbonyl (C=O) groups excluding carboxylic acids is 1. The molecule has 0 atom stereocenters. The molecule has 2 amide bonds. The van der Waals surface area contributed by atoms with Gasteiger partial charge in [0.05, 0.1) is 0 Å². The molecule has 0 aliphatic rings. The molecule has 22 heavy (non-hydrogen) atoms. The standard InChI is InChI=1S/C18H19ClN2O/c1-3-21(17-9-4-6-14(2)12-17)18(22)20-11-10-15-7-5-8-16(19)13-15/h4-13H,3H2,1-2H3,(H,20,22)/b11-10+. The topological polar surface area (TPSA) is 32.3 Å². The van der Waals surface area contributed by atoms with Crippen LogP contribution in [-0.2, 0) is 0 Å². The first kappa shape index (κ1) is 16.1. The maximum absolute atomic E-state index is 12.3. The number of carbonyl (C=O) groups is 1. The lowest BCUT2D eigenvalue weighted by atomic mass is 10.2. The molecular weight excluding hydrogens is 296 g/mol. The molecule has 4 heteroatoms. The Bertz CT molecular complexity index is 682. The largest absolute Gasteiger partial charge is 0.325 e. The number of nitrogens with zero attached hydrogens (tertiary/aromatic N) is 1. The molecule has 0 saturated heterocycles. The van der Waals surface area contributed by atoms with Crippen molar-refractivity contribution < 1.29 is 4.79 Å². The summed E-state index contributed by atoms with van der Waals surface area (Å²) in [5.74, 6) is 0. The van der Waals surface area contributed by atoms with Crippen LogP contribution in [0.15, 0.2) is 54.7 Å². The van der Waals surface area contributed by atoms with Crippen LogP contribution in [0.3, 0.4) is 0 Å². The second-order valence-electron chi connectivity index (χ2n) is 4.92. The Kier molecular flexibility index (Phi) is 5.61. The van der Waals surface area contributed by atoms with Gasteiger partial charge in [-0.3, -0.25) is 4.90 Å². The van der Waals surface area contributed by atoms with Gasteiger partial charge in [-0.25, -0.2) is 4.79 Å². The SMILES string of the molecule is CCN(C(=O)N/C=C/c1cccc(Cl)c1)c1cccc(C)c1. The summed E-state index contributed by atoms with van der Waals surface area (Å²) < 4.78 is 0. The molecule has 0 aliphatic carbocycles. The molecule has 0 bridgehead atoms. The van der Waals surface area contributed by atoms with Gasteiger partial charge in [-0.2, -0.15) is 0 Å². The summed E-state index contributed by atoms with van der Waals surface area (Å²) in [6.07, 6.45) is 3.44. The third kappa shape index (κ3) is 4.37. The molecule has 0 aromatic heterocycles. The van der Waals surface area contributed by atoms with E-state index < -0.39 is 0 Å². The van der Waals surface area contributed by atoms with Crippen LogP contribution < -0.4 is 10.2 Å². The number of anilines is 1. The quantitative estimate of drug-likeness (QED) is 0.859. The van der Waals surface area contributed by atoms with E-state index in [-0.39, 0.29) is 6.03 Å². The van der Waals surface area contributed by atoms with E-state index in [0.717, 1.165) is 16.8 Å². The molecule has 2 rings (SSSR count). The van der Waals surface area contributed by atoms with Crippen molar-refractivity contribution in [2.45, 2.75) is 13.8 Å².